The summed E-state index contributed by atoms with van der Waals surface area (Å²) in [7, 11) is 8.24. The van der Waals surface area contributed by atoms with E-state index >= 15 is 0 Å². The van der Waals surface area contributed by atoms with Gasteiger partial charge in [-0.2, -0.15) is 0 Å². The Morgan fingerprint density at radius 3 is 1.33 bits per heavy atom. The molecule has 0 atom stereocenters. The molecule has 0 saturated carbocycles. The number of benzene rings is 4. The molecule has 4 aromatic rings. The lowest BCUT2D eigenvalue weighted by Crippen LogP contribution is -2.33. The molecule has 4 aromatic carbocycles. The SMILES string of the molecule is CN(C)c1ccc(C(OCc2ccccc2)(c2ccccc2)c2ccc(N(C)C)cc2)cc1. The molecular formula is C30H32N2O. The molecular weight excluding hydrogens is 404 g/mol. The molecule has 0 aliphatic heterocycles. The van der Waals surface area contributed by atoms with Gasteiger partial charge in [-0.15, -0.1) is 0 Å². The van der Waals surface area contributed by atoms with Gasteiger partial charge in [-0.1, -0.05) is 84.9 Å². The van der Waals surface area contributed by atoms with E-state index in [1.54, 1.807) is 0 Å². The molecule has 0 amide bonds. The van der Waals surface area contributed by atoms with Crippen molar-refractivity contribution < 1.29 is 4.74 Å². The van der Waals surface area contributed by atoms with Crippen LogP contribution in [0.5, 0.6) is 0 Å². The maximum Gasteiger partial charge on any atom is 0.144 e. The zero-order valence-corrected chi connectivity index (χ0v) is 19.9. The summed E-state index contributed by atoms with van der Waals surface area (Å²) in [6.45, 7) is 0.501. The second-order valence-corrected chi connectivity index (χ2v) is 8.70. The standard InChI is InChI=1S/C30H32N2O/c1-31(2)28-19-15-26(16-20-28)30(25-13-9-6-10-14-25,33-23-24-11-7-5-8-12-24)27-17-21-29(22-18-27)32(3)4/h5-22H,23H2,1-4H3. The minimum absolute atomic E-state index is 0.501. The highest BCUT2D eigenvalue weighted by Gasteiger charge is 2.37. The van der Waals surface area contributed by atoms with E-state index in [0.29, 0.717) is 6.61 Å². The van der Waals surface area contributed by atoms with Crippen LogP contribution in [0.1, 0.15) is 22.3 Å². The lowest BCUT2D eigenvalue weighted by atomic mass is 9.79. The lowest BCUT2D eigenvalue weighted by Gasteiger charge is -2.36. The summed E-state index contributed by atoms with van der Waals surface area (Å²) < 4.78 is 6.95. The number of hydrogen-bond donors (Lipinski definition) is 0. The van der Waals surface area contributed by atoms with Crippen molar-refractivity contribution in [3.8, 4) is 0 Å². The van der Waals surface area contributed by atoms with E-state index in [4.69, 9.17) is 4.74 Å². The van der Waals surface area contributed by atoms with Gasteiger partial charge >= 0.3 is 0 Å². The molecule has 0 aliphatic rings. The minimum Gasteiger partial charge on any atom is -0.378 e. The monoisotopic (exact) mass is 436 g/mol. The van der Waals surface area contributed by atoms with Crippen molar-refractivity contribution in [3.63, 3.8) is 0 Å². The summed E-state index contributed by atoms with van der Waals surface area (Å²) >= 11 is 0. The first-order chi connectivity index (χ1) is 16.0. The van der Waals surface area contributed by atoms with Crippen LogP contribution in [0.2, 0.25) is 0 Å². The van der Waals surface area contributed by atoms with Crippen molar-refractivity contribution in [1.82, 2.24) is 0 Å². The van der Waals surface area contributed by atoms with Crippen LogP contribution < -0.4 is 9.80 Å². The lowest BCUT2D eigenvalue weighted by molar-refractivity contribution is 0.000257. The predicted octanol–water partition coefficient (Wildman–Crippen LogP) is 6.33. The van der Waals surface area contributed by atoms with Crippen molar-refractivity contribution in [1.29, 1.82) is 0 Å². The molecule has 0 aromatic heterocycles. The Morgan fingerprint density at radius 1 is 0.515 bits per heavy atom. The largest absolute Gasteiger partial charge is 0.378 e. The van der Waals surface area contributed by atoms with Crippen molar-refractivity contribution in [2.75, 3.05) is 38.0 Å². The van der Waals surface area contributed by atoms with E-state index in [-0.39, 0.29) is 0 Å². The summed E-state index contributed by atoms with van der Waals surface area (Å²) in [5.41, 5.74) is 6.04. The van der Waals surface area contributed by atoms with Gasteiger partial charge < -0.3 is 14.5 Å². The van der Waals surface area contributed by atoms with E-state index in [2.05, 4.69) is 141 Å². The minimum atomic E-state index is -0.743. The highest BCUT2D eigenvalue weighted by molar-refractivity contribution is 5.55. The molecule has 33 heavy (non-hydrogen) atoms. The second kappa shape index (κ2) is 9.93. The summed E-state index contributed by atoms with van der Waals surface area (Å²) in [6.07, 6.45) is 0. The van der Waals surface area contributed by atoms with Gasteiger partial charge in [-0.05, 0) is 46.5 Å². The third-order valence-electron chi connectivity index (χ3n) is 6.06. The van der Waals surface area contributed by atoms with Crippen molar-refractivity contribution in [3.05, 3.63) is 131 Å². The van der Waals surface area contributed by atoms with Crippen LogP contribution >= 0.6 is 0 Å². The van der Waals surface area contributed by atoms with Crippen molar-refractivity contribution in [2.45, 2.75) is 12.2 Å². The van der Waals surface area contributed by atoms with Crippen LogP contribution in [0.25, 0.3) is 0 Å². The topological polar surface area (TPSA) is 15.7 Å². The Morgan fingerprint density at radius 2 is 0.909 bits per heavy atom. The molecule has 3 heteroatoms. The molecule has 0 unspecified atom stereocenters. The average Bonchev–Trinajstić information content (AvgIpc) is 2.86. The first-order valence-electron chi connectivity index (χ1n) is 11.3. The molecule has 0 heterocycles. The summed E-state index contributed by atoms with van der Waals surface area (Å²) in [4.78, 5) is 4.23. The van der Waals surface area contributed by atoms with Gasteiger partial charge in [0.15, 0.2) is 0 Å². The van der Waals surface area contributed by atoms with E-state index in [0.717, 1.165) is 33.6 Å². The van der Waals surface area contributed by atoms with Crippen LogP contribution in [0.15, 0.2) is 109 Å². The quantitative estimate of drug-likeness (QED) is 0.300. The molecule has 0 radical (unpaired) electrons. The fourth-order valence-corrected chi connectivity index (χ4v) is 4.18. The number of hydrogen-bond acceptors (Lipinski definition) is 3. The fraction of sp³-hybridized carbons (Fsp3) is 0.200. The van der Waals surface area contributed by atoms with E-state index < -0.39 is 5.60 Å². The zero-order chi connectivity index (χ0) is 23.3. The Bertz CT molecular complexity index is 1080. The molecule has 0 aliphatic carbocycles. The first-order valence-corrected chi connectivity index (χ1v) is 11.3. The van der Waals surface area contributed by atoms with Gasteiger partial charge in [0.25, 0.3) is 0 Å². The summed E-state index contributed by atoms with van der Waals surface area (Å²) in [5, 5.41) is 0. The molecule has 0 N–H and O–H groups in total. The molecule has 4 rings (SSSR count). The Hall–Kier alpha value is -3.56. The van der Waals surface area contributed by atoms with Gasteiger partial charge in [0.2, 0.25) is 0 Å². The van der Waals surface area contributed by atoms with Crippen LogP contribution in [-0.2, 0) is 16.9 Å². The van der Waals surface area contributed by atoms with Crippen molar-refractivity contribution >= 4 is 11.4 Å². The average molecular weight is 437 g/mol. The number of rotatable bonds is 8. The van der Waals surface area contributed by atoms with Gasteiger partial charge in [0, 0.05) is 39.6 Å². The van der Waals surface area contributed by atoms with Gasteiger partial charge in [0.1, 0.15) is 5.60 Å². The number of nitrogens with zero attached hydrogens (tertiary/aromatic N) is 2. The highest BCUT2D eigenvalue weighted by atomic mass is 16.5. The molecule has 0 spiro atoms. The maximum absolute atomic E-state index is 6.95. The molecule has 0 saturated heterocycles. The highest BCUT2D eigenvalue weighted by Crippen LogP contribution is 2.42. The van der Waals surface area contributed by atoms with Crippen LogP contribution in [0, 0.1) is 0 Å². The predicted molar refractivity (Wildman–Crippen MR) is 139 cm³/mol. The molecule has 168 valence electrons. The van der Waals surface area contributed by atoms with Crippen LogP contribution in [0.3, 0.4) is 0 Å². The molecule has 0 bridgehead atoms. The summed E-state index contributed by atoms with van der Waals surface area (Å²) in [6, 6.07) is 38.3. The second-order valence-electron chi connectivity index (χ2n) is 8.70. The molecule has 3 nitrogen and oxygen atoms in total. The smallest absolute Gasteiger partial charge is 0.144 e. The Balaban J connectivity index is 1.90. The van der Waals surface area contributed by atoms with Gasteiger partial charge in [-0.3, -0.25) is 0 Å². The van der Waals surface area contributed by atoms with E-state index in [1.807, 2.05) is 6.07 Å². The Labute approximate surface area is 197 Å². The zero-order valence-electron chi connectivity index (χ0n) is 19.9. The molecule has 0 fully saturated rings. The van der Waals surface area contributed by atoms with E-state index in [1.165, 1.54) is 0 Å². The maximum atomic E-state index is 6.95. The van der Waals surface area contributed by atoms with Crippen molar-refractivity contribution in [2.24, 2.45) is 0 Å². The van der Waals surface area contributed by atoms with Crippen LogP contribution in [-0.4, -0.2) is 28.2 Å². The third kappa shape index (κ3) is 4.79. The van der Waals surface area contributed by atoms with E-state index in [9.17, 15) is 0 Å². The normalized spacial score (nSPS) is 11.3. The third-order valence-corrected chi connectivity index (χ3v) is 6.06. The van der Waals surface area contributed by atoms with Crippen LogP contribution in [0.4, 0.5) is 11.4 Å². The Kier molecular flexibility index (Phi) is 6.81. The number of anilines is 2. The number of ether oxygens (including phenoxy) is 1. The summed E-state index contributed by atoms with van der Waals surface area (Å²) in [5.74, 6) is 0. The fourth-order valence-electron chi connectivity index (χ4n) is 4.18. The van der Waals surface area contributed by atoms with Gasteiger partial charge in [-0.25, -0.2) is 0 Å². The first kappa shape index (κ1) is 22.6. The van der Waals surface area contributed by atoms with Gasteiger partial charge in [0.05, 0.1) is 6.61 Å².